The third-order valence-corrected chi connectivity index (χ3v) is 2.21. The van der Waals surface area contributed by atoms with Gasteiger partial charge in [-0.25, -0.2) is 0 Å². The van der Waals surface area contributed by atoms with Gasteiger partial charge in [0.2, 0.25) is 0 Å². The summed E-state index contributed by atoms with van der Waals surface area (Å²) in [7, 11) is 0. The lowest BCUT2D eigenvalue weighted by atomic mass is 10.1. The Hall–Kier alpha value is -0.760. The van der Waals surface area contributed by atoms with Gasteiger partial charge >= 0.3 is 0 Å². The first-order valence-corrected chi connectivity index (χ1v) is 4.90. The van der Waals surface area contributed by atoms with Crippen LogP contribution in [0, 0.1) is 12.8 Å². The van der Waals surface area contributed by atoms with Crippen LogP contribution in [0.15, 0.2) is 12.2 Å². The number of ether oxygens (including phenoxy) is 1. The molecule has 0 aromatic heterocycles. The van der Waals surface area contributed by atoms with E-state index in [1.54, 1.807) is 6.08 Å². The number of likely N-dealkylation sites (tertiary alicyclic amines) is 1. The van der Waals surface area contributed by atoms with Crippen molar-refractivity contribution in [1.82, 2.24) is 4.90 Å². The minimum absolute atomic E-state index is 0.713. The Morgan fingerprint density at radius 1 is 1.31 bits per heavy atom. The summed E-state index contributed by atoms with van der Waals surface area (Å²) in [6, 6.07) is 0. The van der Waals surface area contributed by atoms with Crippen LogP contribution in [0.1, 0.15) is 19.3 Å². The van der Waals surface area contributed by atoms with Crippen LogP contribution in [0.4, 0.5) is 0 Å². The molecular weight excluding hydrogens is 162 g/mol. The van der Waals surface area contributed by atoms with E-state index in [-0.39, 0.29) is 0 Å². The molecule has 1 saturated heterocycles. The van der Waals surface area contributed by atoms with Gasteiger partial charge < -0.3 is 4.74 Å². The van der Waals surface area contributed by atoms with Crippen LogP contribution in [-0.2, 0) is 4.74 Å². The number of allylic oxidation sites excluding steroid dienone is 2. The van der Waals surface area contributed by atoms with Crippen LogP contribution in [-0.4, -0.2) is 31.1 Å². The Labute approximate surface area is 80.9 Å². The van der Waals surface area contributed by atoms with E-state index in [2.05, 4.69) is 11.2 Å². The van der Waals surface area contributed by atoms with Crippen molar-refractivity contribution in [3.05, 3.63) is 25.0 Å². The fourth-order valence-corrected chi connectivity index (χ4v) is 1.50. The fraction of sp³-hybridized carbons (Fsp3) is 0.636. The molecule has 1 aliphatic heterocycles. The molecule has 13 heavy (non-hydrogen) atoms. The molecule has 0 atom stereocenters. The van der Waals surface area contributed by atoms with Crippen molar-refractivity contribution in [2.24, 2.45) is 0 Å². The summed E-state index contributed by atoms with van der Waals surface area (Å²) in [4.78, 5) is 2.43. The first-order valence-electron chi connectivity index (χ1n) is 4.90. The van der Waals surface area contributed by atoms with Crippen molar-refractivity contribution < 1.29 is 4.74 Å². The monoisotopic (exact) mass is 179 g/mol. The summed E-state index contributed by atoms with van der Waals surface area (Å²) in [6.07, 6.45) is 9.68. The highest BCUT2D eigenvalue weighted by Gasteiger charge is 2.08. The van der Waals surface area contributed by atoms with Crippen molar-refractivity contribution in [3.8, 4) is 0 Å². The van der Waals surface area contributed by atoms with Gasteiger partial charge in [0.1, 0.15) is 6.61 Å². The van der Waals surface area contributed by atoms with Crippen LogP contribution in [0.25, 0.3) is 0 Å². The molecule has 2 nitrogen and oxygen atoms in total. The Kier molecular flexibility index (Phi) is 5.34. The minimum Gasteiger partial charge on any atom is -0.488 e. The maximum absolute atomic E-state index is 5.12. The van der Waals surface area contributed by atoms with Crippen LogP contribution in [0.2, 0.25) is 0 Å². The van der Waals surface area contributed by atoms with E-state index in [1.807, 2.05) is 0 Å². The highest BCUT2D eigenvalue weighted by atomic mass is 16.5. The Bertz CT molecular complexity index is 159. The van der Waals surface area contributed by atoms with Gasteiger partial charge in [0, 0.05) is 6.54 Å². The summed E-state index contributed by atoms with van der Waals surface area (Å²) in [5, 5.41) is 0. The van der Waals surface area contributed by atoms with Gasteiger partial charge in [-0.2, -0.15) is 0 Å². The number of hydrogen-bond acceptors (Lipinski definition) is 2. The zero-order chi connectivity index (χ0) is 9.36. The first-order chi connectivity index (χ1) is 6.43. The average Bonchev–Trinajstić information content (AvgIpc) is 2.19. The third kappa shape index (κ3) is 4.73. The summed E-state index contributed by atoms with van der Waals surface area (Å²) >= 11 is 0. The number of piperidine rings is 1. The molecule has 0 bridgehead atoms. The molecule has 1 aliphatic rings. The second-order valence-electron chi connectivity index (χ2n) is 3.23. The predicted molar refractivity (Wildman–Crippen MR) is 52.9 cm³/mol. The molecular formula is C11H17NO. The Balaban J connectivity index is 1.97. The van der Waals surface area contributed by atoms with Gasteiger partial charge in [-0.15, -0.1) is 0 Å². The lowest BCUT2D eigenvalue weighted by molar-refractivity contribution is 0.150. The van der Waals surface area contributed by atoms with E-state index in [4.69, 9.17) is 11.3 Å². The van der Waals surface area contributed by atoms with E-state index >= 15 is 0 Å². The average molecular weight is 179 g/mol. The Morgan fingerprint density at radius 3 is 2.77 bits per heavy atom. The van der Waals surface area contributed by atoms with Gasteiger partial charge in [-0.1, -0.05) is 19.1 Å². The molecule has 0 saturated carbocycles. The zero-order valence-corrected chi connectivity index (χ0v) is 8.04. The molecule has 0 N–H and O–H groups in total. The van der Waals surface area contributed by atoms with Crippen LogP contribution in [0.5, 0.6) is 0 Å². The first kappa shape index (κ1) is 10.3. The van der Waals surface area contributed by atoms with Gasteiger partial charge in [0.25, 0.3) is 0 Å². The van der Waals surface area contributed by atoms with Gasteiger partial charge in [0.05, 0.1) is 0 Å². The largest absolute Gasteiger partial charge is 0.488 e. The molecule has 0 unspecified atom stereocenters. The second-order valence-corrected chi connectivity index (χ2v) is 3.23. The van der Waals surface area contributed by atoms with Crippen LogP contribution >= 0.6 is 0 Å². The molecule has 1 heterocycles. The normalized spacial score (nSPS) is 19.1. The van der Waals surface area contributed by atoms with Crippen LogP contribution < -0.4 is 0 Å². The zero-order valence-electron chi connectivity index (χ0n) is 8.04. The molecule has 1 fully saturated rings. The van der Waals surface area contributed by atoms with Gasteiger partial charge in [-0.05, 0) is 32.0 Å². The lowest BCUT2D eigenvalue weighted by Gasteiger charge is -2.25. The number of hydrogen-bond donors (Lipinski definition) is 0. The Morgan fingerprint density at radius 2 is 2.08 bits per heavy atom. The number of nitrogens with zero attached hydrogens (tertiary/aromatic N) is 1. The highest BCUT2D eigenvalue weighted by Crippen LogP contribution is 2.07. The molecule has 0 amide bonds. The maximum atomic E-state index is 5.12. The summed E-state index contributed by atoms with van der Waals surface area (Å²) in [5.74, 6) is 0. The molecule has 0 aromatic rings. The molecule has 2 radical (unpaired) electrons. The molecule has 72 valence electrons. The maximum Gasteiger partial charge on any atom is 0.161 e. The number of rotatable bonds is 5. The van der Waals surface area contributed by atoms with E-state index in [0.29, 0.717) is 6.61 Å². The van der Waals surface area contributed by atoms with E-state index in [9.17, 15) is 0 Å². The second kappa shape index (κ2) is 6.72. The topological polar surface area (TPSA) is 12.5 Å². The molecule has 0 aromatic carbocycles. The quantitative estimate of drug-likeness (QED) is 0.362. The van der Waals surface area contributed by atoms with Crippen molar-refractivity contribution in [1.29, 1.82) is 0 Å². The van der Waals surface area contributed by atoms with Crippen molar-refractivity contribution in [2.75, 3.05) is 26.2 Å². The van der Waals surface area contributed by atoms with Crippen molar-refractivity contribution >= 4 is 0 Å². The third-order valence-electron chi connectivity index (χ3n) is 2.21. The minimum atomic E-state index is 0.713. The van der Waals surface area contributed by atoms with E-state index in [0.717, 1.165) is 6.54 Å². The smallest absolute Gasteiger partial charge is 0.161 e. The van der Waals surface area contributed by atoms with Crippen LogP contribution in [0.3, 0.4) is 0 Å². The van der Waals surface area contributed by atoms with Gasteiger partial charge in [-0.3, -0.25) is 4.90 Å². The predicted octanol–water partition coefficient (Wildman–Crippen LogP) is 1.79. The fourth-order valence-electron chi connectivity index (χ4n) is 1.50. The summed E-state index contributed by atoms with van der Waals surface area (Å²) < 4.78 is 5.12. The van der Waals surface area contributed by atoms with Gasteiger partial charge in [0.15, 0.2) is 6.26 Å². The van der Waals surface area contributed by atoms with E-state index in [1.165, 1.54) is 38.4 Å². The van der Waals surface area contributed by atoms with Crippen molar-refractivity contribution in [2.45, 2.75) is 19.3 Å². The SMILES string of the molecule is [CH]=C/C=[C]/OCCN1CCCCC1. The molecule has 0 spiro atoms. The van der Waals surface area contributed by atoms with Crippen molar-refractivity contribution in [3.63, 3.8) is 0 Å². The molecule has 1 rings (SSSR count). The van der Waals surface area contributed by atoms with E-state index < -0.39 is 0 Å². The summed E-state index contributed by atoms with van der Waals surface area (Å²) in [6.45, 7) is 9.27. The summed E-state index contributed by atoms with van der Waals surface area (Å²) in [5.41, 5.74) is 0. The standard InChI is InChI=1S/C11H17NO/c1-2-3-10-13-11-9-12-7-5-4-6-8-12/h1-3H,4-9,11H2. The molecule has 0 aliphatic carbocycles. The highest BCUT2D eigenvalue weighted by molar-refractivity contribution is 4.86. The lowest BCUT2D eigenvalue weighted by Crippen LogP contribution is -2.32. The molecule has 2 heteroatoms.